The molecule has 0 bridgehead atoms. The van der Waals surface area contributed by atoms with Gasteiger partial charge < -0.3 is 0 Å². The molecule has 1 spiro atoms. The normalized spacial score (nSPS) is 29.8. The Bertz CT molecular complexity index is 372. The van der Waals surface area contributed by atoms with Gasteiger partial charge in [-0.05, 0) is 36.1 Å². The zero-order valence-electron chi connectivity index (χ0n) is 7.85. The quantitative estimate of drug-likeness (QED) is 0.729. The van der Waals surface area contributed by atoms with Crippen LogP contribution >= 0.6 is 23.4 Å². The molecule has 1 saturated heterocycles. The van der Waals surface area contributed by atoms with E-state index >= 15 is 0 Å². The Hall–Kier alpha value is -0.180. The minimum absolute atomic E-state index is 0.222. The summed E-state index contributed by atoms with van der Waals surface area (Å²) in [5.41, 5.74) is 2.89. The first-order chi connectivity index (χ1) is 6.80. The molecule has 0 radical (unpaired) electrons. The van der Waals surface area contributed by atoms with Crippen LogP contribution in [0.5, 0.6) is 0 Å². The first-order valence-electron chi connectivity index (χ1n) is 4.98. The van der Waals surface area contributed by atoms with Crippen molar-refractivity contribution in [2.75, 3.05) is 12.3 Å². The Balaban J connectivity index is 2.09. The maximum Gasteiger partial charge on any atom is 0.0907 e. The second-order valence-electron chi connectivity index (χ2n) is 3.90. The average Bonchev–Trinajstić information content (AvgIpc) is 2.77. The SMILES string of the molecule is Clc1ccc2c(c1)CCC21NCCS1. The molecule has 1 atom stereocenters. The smallest absolute Gasteiger partial charge is 0.0907 e. The number of nitrogens with one attached hydrogen (secondary N) is 1. The van der Waals surface area contributed by atoms with Crippen LogP contribution in [-0.4, -0.2) is 12.3 Å². The van der Waals surface area contributed by atoms with Crippen molar-refractivity contribution in [1.29, 1.82) is 0 Å². The lowest BCUT2D eigenvalue weighted by Gasteiger charge is -2.23. The van der Waals surface area contributed by atoms with Crippen molar-refractivity contribution in [3.05, 3.63) is 34.3 Å². The molecule has 1 aliphatic heterocycles. The van der Waals surface area contributed by atoms with E-state index in [1.165, 1.54) is 23.3 Å². The number of aryl methyl sites for hydroxylation is 1. The Morgan fingerprint density at radius 2 is 2.36 bits per heavy atom. The van der Waals surface area contributed by atoms with Gasteiger partial charge in [-0.1, -0.05) is 17.7 Å². The molecule has 0 amide bonds. The van der Waals surface area contributed by atoms with Crippen molar-refractivity contribution in [3.63, 3.8) is 0 Å². The van der Waals surface area contributed by atoms with Crippen molar-refractivity contribution in [2.45, 2.75) is 17.7 Å². The summed E-state index contributed by atoms with van der Waals surface area (Å²) in [6.45, 7) is 1.13. The molecular formula is C11H12ClNS. The third-order valence-corrected chi connectivity index (χ3v) is 4.81. The summed E-state index contributed by atoms with van der Waals surface area (Å²) in [5, 5.41) is 4.49. The van der Waals surface area contributed by atoms with Gasteiger partial charge in [0, 0.05) is 17.3 Å². The second-order valence-corrected chi connectivity index (χ2v) is 5.73. The van der Waals surface area contributed by atoms with Gasteiger partial charge in [0.25, 0.3) is 0 Å². The van der Waals surface area contributed by atoms with Crippen LogP contribution in [0.3, 0.4) is 0 Å². The number of hydrogen-bond acceptors (Lipinski definition) is 2. The first-order valence-corrected chi connectivity index (χ1v) is 6.34. The zero-order valence-corrected chi connectivity index (χ0v) is 9.42. The molecule has 1 N–H and O–H groups in total. The van der Waals surface area contributed by atoms with Gasteiger partial charge in [-0.15, -0.1) is 11.8 Å². The van der Waals surface area contributed by atoms with Gasteiger partial charge in [-0.2, -0.15) is 0 Å². The summed E-state index contributed by atoms with van der Waals surface area (Å²) < 4.78 is 0. The average molecular weight is 226 g/mol. The van der Waals surface area contributed by atoms with Crippen LogP contribution in [-0.2, 0) is 11.3 Å². The summed E-state index contributed by atoms with van der Waals surface area (Å²) in [4.78, 5) is 0.222. The molecule has 14 heavy (non-hydrogen) atoms. The van der Waals surface area contributed by atoms with Gasteiger partial charge in [0.1, 0.15) is 0 Å². The van der Waals surface area contributed by atoms with Crippen molar-refractivity contribution in [1.82, 2.24) is 5.32 Å². The number of hydrogen-bond donors (Lipinski definition) is 1. The maximum atomic E-state index is 5.99. The third-order valence-electron chi connectivity index (χ3n) is 3.11. The monoisotopic (exact) mass is 225 g/mol. The van der Waals surface area contributed by atoms with Gasteiger partial charge in [0.05, 0.1) is 4.87 Å². The van der Waals surface area contributed by atoms with E-state index < -0.39 is 0 Å². The molecule has 0 aromatic heterocycles. The molecule has 1 fully saturated rings. The van der Waals surface area contributed by atoms with Gasteiger partial charge in [0.2, 0.25) is 0 Å². The van der Waals surface area contributed by atoms with Crippen molar-refractivity contribution in [2.24, 2.45) is 0 Å². The van der Waals surface area contributed by atoms with Gasteiger partial charge in [-0.25, -0.2) is 0 Å². The number of rotatable bonds is 0. The Morgan fingerprint density at radius 3 is 3.14 bits per heavy atom. The lowest BCUT2D eigenvalue weighted by atomic mass is 10.1. The van der Waals surface area contributed by atoms with Crippen molar-refractivity contribution in [3.8, 4) is 0 Å². The second kappa shape index (κ2) is 3.16. The van der Waals surface area contributed by atoms with Crippen LogP contribution in [0.4, 0.5) is 0 Å². The van der Waals surface area contributed by atoms with Crippen LogP contribution in [0.2, 0.25) is 5.02 Å². The van der Waals surface area contributed by atoms with Gasteiger partial charge in [0.15, 0.2) is 0 Å². The Morgan fingerprint density at radius 1 is 1.43 bits per heavy atom. The van der Waals surface area contributed by atoms with Crippen LogP contribution in [0, 0.1) is 0 Å². The molecule has 1 aromatic rings. The summed E-state index contributed by atoms with van der Waals surface area (Å²) in [7, 11) is 0. The van der Waals surface area contributed by atoms with E-state index in [0.717, 1.165) is 18.0 Å². The number of halogens is 1. The van der Waals surface area contributed by atoms with E-state index in [-0.39, 0.29) is 4.87 Å². The number of benzene rings is 1. The van der Waals surface area contributed by atoms with Crippen LogP contribution in [0.1, 0.15) is 17.5 Å². The molecular weight excluding hydrogens is 214 g/mol. The van der Waals surface area contributed by atoms with Gasteiger partial charge in [-0.3, -0.25) is 5.32 Å². The Kier molecular flexibility index (Phi) is 2.05. The first kappa shape index (κ1) is 9.08. The van der Waals surface area contributed by atoms with E-state index in [1.807, 2.05) is 17.8 Å². The molecule has 1 heterocycles. The molecule has 3 heteroatoms. The van der Waals surface area contributed by atoms with Crippen molar-refractivity contribution >= 4 is 23.4 Å². The predicted molar refractivity (Wildman–Crippen MR) is 61.9 cm³/mol. The van der Waals surface area contributed by atoms with E-state index in [0.29, 0.717) is 0 Å². The van der Waals surface area contributed by atoms with Crippen LogP contribution in [0.15, 0.2) is 18.2 Å². The molecule has 74 valence electrons. The summed E-state index contributed by atoms with van der Waals surface area (Å²) in [5.74, 6) is 1.22. The zero-order chi connectivity index (χ0) is 9.60. The fourth-order valence-corrected chi connectivity index (χ4v) is 4.02. The highest BCUT2D eigenvalue weighted by Gasteiger charge is 2.41. The largest absolute Gasteiger partial charge is 0.298 e. The molecule has 1 aromatic carbocycles. The Labute approximate surface area is 93.2 Å². The third kappa shape index (κ3) is 1.21. The highest BCUT2D eigenvalue weighted by molar-refractivity contribution is 8.00. The molecule has 3 rings (SSSR count). The fraction of sp³-hybridized carbons (Fsp3) is 0.455. The predicted octanol–water partition coefficient (Wildman–Crippen LogP) is 2.78. The van der Waals surface area contributed by atoms with Crippen LogP contribution < -0.4 is 5.32 Å². The van der Waals surface area contributed by atoms with E-state index in [9.17, 15) is 0 Å². The van der Waals surface area contributed by atoms with E-state index in [1.54, 1.807) is 0 Å². The highest BCUT2D eigenvalue weighted by atomic mass is 35.5. The molecule has 1 aliphatic carbocycles. The minimum Gasteiger partial charge on any atom is -0.298 e. The topological polar surface area (TPSA) is 12.0 Å². The standard InChI is InChI=1S/C11H12ClNS/c12-9-1-2-10-8(7-9)3-4-11(10)13-5-6-14-11/h1-2,7,13H,3-6H2. The fourth-order valence-electron chi connectivity index (χ4n) is 2.47. The van der Waals surface area contributed by atoms with Crippen molar-refractivity contribution < 1.29 is 0 Å². The van der Waals surface area contributed by atoms with E-state index in [2.05, 4.69) is 17.4 Å². The highest BCUT2D eigenvalue weighted by Crippen LogP contribution is 2.47. The van der Waals surface area contributed by atoms with Gasteiger partial charge >= 0.3 is 0 Å². The van der Waals surface area contributed by atoms with E-state index in [4.69, 9.17) is 11.6 Å². The lowest BCUT2D eigenvalue weighted by Crippen LogP contribution is -2.31. The molecule has 1 nitrogen and oxygen atoms in total. The number of fused-ring (bicyclic) bond motifs is 2. The molecule has 0 saturated carbocycles. The molecule has 1 unspecified atom stereocenters. The number of thioether (sulfide) groups is 1. The summed E-state index contributed by atoms with van der Waals surface area (Å²) >= 11 is 8.04. The lowest BCUT2D eigenvalue weighted by molar-refractivity contribution is 0.522. The summed E-state index contributed by atoms with van der Waals surface area (Å²) in [6.07, 6.45) is 2.38. The summed E-state index contributed by atoms with van der Waals surface area (Å²) in [6, 6.07) is 6.32. The maximum absolute atomic E-state index is 5.99. The molecule has 2 aliphatic rings. The van der Waals surface area contributed by atoms with Crippen LogP contribution in [0.25, 0.3) is 0 Å². The minimum atomic E-state index is 0.222.